The molecule has 0 aliphatic carbocycles. The average Bonchev–Trinajstić information content (AvgIpc) is 3.16. The molecule has 0 radical (unpaired) electrons. The molecule has 1 aliphatic rings. The molecule has 1 fully saturated rings. The van der Waals surface area contributed by atoms with Gasteiger partial charge >= 0.3 is 0 Å². The molecule has 1 saturated heterocycles. The Balaban J connectivity index is 1.58. The SMILES string of the molecule is NC[C@H]1CC[C@@H](C(=O)Nc2ncn(Cc3cccc(Br)c3)n2)O1. The number of nitrogens with one attached hydrogen (secondary N) is 1. The fourth-order valence-corrected chi connectivity index (χ4v) is 2.96. The number of hydrogen-bond donors (Lipinski definition) is 2. The third-order valence-corrected chi connectivity index (χ3v) is 4.16. The van der Waals surface area contributed by atoms with Gasteiger partial charge in [-0.3, -0.25) is 10.1 Å². The number of benzene rings is 1. The molecule has 23 heavy (non-hydrogen) atoms. The van der Waals surface area contributed by atoms with Gasteiger partial charge in [0.2, 0.25) is 5.95 Å². The first-order valence-corrected chi connectivity index (χ1v) is 8.23. The van der Waals surface area contributed by atoms with Crippen molar-refractivity contribution in [3.8, 4) is 0 Å². The highest BCUT2D eigenvalue weighted by atomic mass is 79.9. The molecule has 0 bridgehead atoms. The monoisotopic (exact) mass is 379 g/mol. The largest absolute Gasteiger partial charge is 0.364 e. The van der Waals surface area contributed by atoms with E-state index in [0.29, 0.717) is 19.5 Å². The highest BCUT2D eigenvalue weighted by Crippen LogP contribution is 2.20. The summed E-state index contributed by atoms with van der Waals surface area (Å²) in [5, 5.41) is 6.95. The average molecular weight is 380 g/mol. The first-order chi connectivity index (χ1) is 11.1. The summed E-state index contributed by atoms with van der Waals surface area (Å²) < 4.78 is 8.24. The molecule has 3 rings (SSSR count). The van der Waals surface area contributed by atoms with Crippen molar-refractivity contribution >= 4 is 27.8 Å². The van der Waals surface area contributed by atoms with Gasteiger partial charge in [-0.25, -0.2) is 9.67 Å². The second kappa shape index (κ2) is 7.20. The van der Waals surface area contributed by atoms with Gasteiger partial charge < -0.3 is 10.5 Å². The maximum absolute atomic E-state index is 12.1. The minimum Gasteiger partial charge on any atom is -0.364 e. The minimum atomic E-state index is -0.472. The molecular weight excluding hydrogens is 362 g/mol. The van der Waals surface area contributed by atoms with Gasteiger partial charge in [-0.15, -0.1) is 5.10 Å². The van der Waals surface area contributed by atoms with Crippen molar-refractivity contribution in [1.82, 2.24) is 14.8 Å². The van der Waals surface area contributed by atoms with Crippen LogP contribution in [0, 0.1) is 0 Å². The number of nitrogens with zero attached hydrogens (tertiary/aromatic N) is 3. The van der Waals surface area contributed by atoms with Gasteiger partial charge in [0.15, 0.2) is 0 Å². The van der Waals surface area contributed by atoms with Crippen molar-refractivity contribution in [1.29, 1.82) is 0 Å². The molecule has 1 aliphatic heterocycles. The number of rotatable bonds is 5. The van der Waals surface area contributed by atoms with Crippen molar-refractivity contribution in [2.24, 2.45) is 5.73 Å². The van der Waals surface area contributed by atoms with Gasteiger partial charge in [-0.1, -0.05) is 28.1 Å². The van der Waals surface area contributed by atoms with Crippen LogP contribution < -0.4 is 11.1 Å². The van der Waals surface area contributed by atoms with E-state index in [4.69, 9.17) is 10.5 Å². The van der Waals surface area contributed by atoms with E-state index in [-0.39, 0.29) is 18.0 Å². The van der Waals surface area contributed by atoms with Gasteiger partial charge in [-0.2, -0.15) is 0 Å². The van der Waals surface area contributed by atoms with Crippen LogP contribution in [0.1, 0.15) is 18.4 Å². The number of carbonyl (C=O) groups is 1. The Bertz CT molecular complexity index is 690. The third-order valence-electron chi connectivity index (χ3n) is 3.67. The van der Waals surface area contributed by atoms with E-state index in [2.05, 4.69) is 31.3 Å². The predicted octanol–water partition coefficient (Wildman–Crippen LogP) is 1.53. The summed E-state index contributed by atoms with van der Waals surface area (Å²) in [6.07, 6.45) is 2.56. The number of nitrogens with two attached hydrogens (primary N) is 1. The van der Waals surface area contributed by atoms with E-state index < -0.39 is 6.10 Å². The summed E-state index contributed by atoms with van der Waals surface area (Å²) in [6, 6.07) is 7.94. The number of hydrogen-bond acceptors (Lipinski definition) is 5. The maximum atomic E-state index is 12.1. The maximum Gasteiger partial charge on any atom is 0.255 e. The Hall–Kier alpha value is -1.77. The lowest BCUT2D eigenvalue weighted by Crippen LogP contribution is -2.30. The standard InChI is InChI=1S/C15H18BrN5O2/c16-11-3-1-2-10(6-11)8-21-9-18-15(20-21)19-14(22)13-5-4-12(7-17)23-13/h1-3,6,9,12-13H,4-5,7-8,17H2,(H,19,20,22)/t12-,13+/m1/s1. The number of ether oxygens (including phenoxy) is 1. The minimum absolute atomic E-state index is 0.0345. The third kappa shape index (κ3) is 4.15. The molecule has 2 heterocycles. The van der Waals surface area contributed by atoms with Crippen LogP contribution in [0.15, 0.2) is 35.1 Å². The summed E-state index contributed by atoms with van der Waals surface area (Å²) in [6.45, 7) is 1.01. The predicted molar refractivity (Wildman–Crippen MR) is 88.8 cm³/mol. The number of aromatic nitrogens is 3. The summed E-state index contributed by atoms with van der Waals surface area (Å²) >= 11 is 3.44. The molecule has 2 atom stereocenters. The Kier molecular flexibility index (Phi) is 5.04. The number of halogens is 1. The number of carbonyl (C=O) groups excluding carboxylic acids is 1. The van der Waals surface area contributed by atoms with Gasteiger partial charge in [0.05, 0.1) is 12.6 Å². The van der Waals surface area contributed by atoms with Gasteiger partial charge in [0.25, 0.3) is 5.91 Å². The summed E-state index contributed by atoms with van der Waals surface area (Å²) in [5.41, 5.74) is 6.64. The summed E-state index contributed by atoms with van der Waals surface area (Å²) in [5.74, 6) is 0.0611. The zero-order chi connectivity index (χ0) is 16.2. The molecular formula is C15H18BrN5O2. The highest BCUT2D eigenvalue weighted by molar-refractivity contribution is 9.10. The molecule has 1 amide bonds. The Morgan fingerprint density at radius 3 is 3.09 bits per heavy atom. The van der Waals surface area contributed by atoms with Crippen LogP contribution in [0.5, 0.6) is 0 Å². The van der Waals surface area contributed by atoms with Crippen molar-refractivity contribution in [3.63, 3.8) is 0 Å². The zero-order valence-corrected chi connectivity index (χ0v) is 14.1. The lowest BCUT2D eigenvalue weighted by atomic mass is 10.2. The van der Waals surface area contributed by atoms with Crippen molar-refractivity contribution in [2.45, 2.75) is 31.6 Å². The normalized spacial score (nSPS) is 20.6. The van der Waals surface area contributed by atoms with Crippen molar-refractivity contribution in [2.75, 3.05) is 11.9 Å². The molecule has 0 unspecified atom stereocenters. The molecule has 7 nitrogen and oxygen atoms in total. The molecule has 1 aromatic carbocycles. The fraction of sp³-hybridized carbons (Fsp3) is 0.400. The second-order valence-corrected chi connectivity index (χ2v) is 6.36. The Morgan fingerprint density at radius 2 is 2.35 bits per heavy atom. The van der Waals surface area contributed by atoms with Crippen LogP contribution in [-0.4, -0.2) is 39.4 Å². The molecule has 122 valence electrons. The van der Waals surface area contributed by atoms with E-state index in [1.54, 1.807) is 11.0 Å². The van der Waals surface area contributed by atoms with Crippen LogP contribution >= 0.6 is 15.9 Å². The molecule has 0 spiro atoms. The van der Waals surface area contributed by atoms with E-state index in [9.17, 15) is 4.79 Å². The lowest BCUT2D eigenvalue weighted by Gasteiger charge is -2.10. The van der Waals surface area contributed by atoms with Gasteiger partial charge in [-0.05, 0) is 30.5 Å². The van der Waals surface area contributed by atoms with Crippen LogP contribution in [0.25, 0.3) is 0 Å². The Morgan fingerprint density at radius 1 is 1.48 bits per heavy atom. The zero-order valence-electron chi connectivity index (χ0n) is 12.5. The summed E-state index contributed by atoms with van der Waals surface area (Å²) in [7, 11) is 0. The number of amides is 1. The smallest absolute Gasteiger partial charge is 0.255 e. The van der Waals surface area contributed by atoms with E-state index in [1.807, 2.05) is 24.3 Å². The van der Waals surface area contributed by atoms with E-state index in [0.717, 1.165) is 16.5 Å². The second-order valence-electron chi connectivity index (χ2n) is 5.44. The topological polar surface area (TPSA) is 95.1 Å². The highest BCUT2D eigenvalue weighted by Gasteiger charge is 2.30. The summed E-state index contributed by atoms with van der Waals surface area (Å²) in [4.78, 5) is 16.2. The van der Waals surface area contributed by atoms with Crippen LogP contribution in [0.2, 0.25) is 0 Å². The van der Waals surface area contributed by atoms with Crippen LogP contribution in [-0.2, 0) is 16.1 Å². The quantitative estimate of drug-likeness (QED) is 0.821. The number of anilines is 1. The van der Waals surface area contributed by atoms with Crippen molar-refractivity contribution < 1.29 is 9.53 Å². The first-order valence-electron chi connectivity index (χ1n) is 7.44. The van der Waals surface area contributed by atoms with E-state index >= 15 is 0 Å². The molecule has 2 aromatic rings. The van der Waals surface area contributed by atoms with Crippen molar-refractivity contribution in [3.05, 3.63) is 40.6 Å². The fourth-order valence-electron chi connectivity index (χ4n) is 2.51. The molecule has 8 heteroatoms. The van der Waals surface area contributed by atoms with Gasteiger partial charge in [0.1, 0.15) is 12.4 Å². The molecule has 1 aromatic heterocycles. The molecule has 3 N–H and O–H groups in total. The van der Waals surface area contributed by atoms with Crippen LogP contribution in [0.3, 0.4) is 0 Å². The molecule has 0 saturated carbocycles. The van der Waals surface area contributed by atoms with Gasteiger partial charge in [0, 0.05) is 11.0 Å². The Labute approximate surface area is 142 Å². The van der Waals surface area contributed by atoms with Crippen LogP contribution in [0.4, 0.5) is 5.95 Å². The lowest BCUT2D eigenvalue weighted by molar-refractivity contribution is -0.126. The first kappa shape index (κ1) is 16.1. The van der Waals surface area contributed by atoms with E-state index in [1.165, 1.54) is 0 Å².